The van der Waals surface area contributed by atoms with E-state index in [4.69, 9.17) is 18.0 Å². The molecule has 3 rings (SSSR count). The van der Waals surface area contributed by atoms with Crippen LogP contribution in [0.4, 0.5) is 10.1 Å². The summed E-state index contributed by atoms with van der Waals surface area (Å²) in [6, 6.07) is 4.17. The maximum atomic E-state index is 13.9. The van der Waals surface area contributed by atoms with Gasteiger partial charge in [-0.2, -0.15) is 0 Å². The Balaban J connectivity index is 2.07. The molecule has 0 spiro atoms. The number of carbonyl (C=O) groups is 2. The van der Waals surface area contributed by atoms with E-state index in [1.807, 2.05) is 6.92 Å². The summed E-state index contributed by atoms with van der Waals surface area (Å²) >= 11 is 4.86. The number of fused-ring (bicyclic) bond motifs is 1. The Bertz CT molecular complexity index is 637. The molecule has 0 radical (unpaired) electrons. The first-order valence-electron chi connectivity index (χ1n) is 6.88. The van der Waals surface area contributed by atoms with Crippen LogP contribution in [0.5, 0.6) is 0 Å². The van der Waals surface area contributed by atoms with Crippen LogP contribution in [0.2, 0.25) is 0 Å². The van der Waals surface area contributed by atoms with Gasteiger partial charge in [-0.3, -0.25) is 9.59 Å². The molecular weight excluding hydrogens is 291 g/mol. The van der Waals surface area contributed by atoms with Crippen LogP contribution in [0.1, 0.15) is 25.3 Å². The van der Waals surface area contributed by atoms with Crippen molar-refractivity contribution in [2.24, 2.45) is 23.5 Å². The van der Waals surface area contributed by atoms with Crippen molar-refractivity contribution < 1.29 is 14.0 Å². The Morgan fingerprint density at radius 2 is 1.86 bits per heavy atom. The predicted octanol–water partition coefficient (Wildman–Crippen LogP) is 2.00. The molecule has 1 aromatic rings. The van der Waals surface area contributed by atoms with E-state index in [9.17, 15) is 14.0 Å². The zero-order valence-corrected chi connectivity index (χ0v) is 12.3. The normalized spacial score (nSPS) is 28.1. The number of nitrogens with zero attached hydrogens (tertiary/aromatic N) is 1. The van der Waals surface area contributed by atoms with Crippen molar-refractivity contribution in [3.63, 3.8) is 0 Å². The fraction of sp³-hybridized carbons (Fsp3) is 0.400. The minimum atomic E-state index is -0.619. The Morgan fingerprint density at radius 1 is 1.29 bits per heavy atom. The van der Waals surface area contributed by atoms with Gasteiger partial charge in [-0.1, -0.05) is 25.2 Å². The molecule has 1 aliphatic carbocycles. The fourth-order valence-corrected chi connectivity index (χ4v) is 3.66. The number of hydrogen-bond donors (Lipinski definition) is 1. The number of carbonyl (C=O) groups excluding carboxylic acids is 2. The SMILES string of the molecule is CC1CC2C(=O)N(c3cccc(F)c3C(N)=S)C(=O)C2C1. The van der Waals surface area contributed by atoms with E-state index < -0.39 is 5.82 Å². The average Bonchev–Trinajstić information content (AvgIpc) is 2.88. The second-order valence-corrected chi connectivity index (χ2v) is 6.24. The summed E-state index contributed by atoms with van der Waals surface area (Å²) in [5.41, 5.74) is 5.68. The lowest BCUT2D eigenvalue weighted by atomic mass is 10.00. The van der Waals surface area contributed by atoms with Crippen LogP contribution < -0.4 is 10.6 Å². The lowest BCUT2D eigenvalue weighted by Gasteiger charge is -2.20. The van der Waals surface area contributed by atoms with Gasteiger partial charge in [0.05, 0.1) is 23.1 Å². The van der Waals surface area contributed by atoms with Crippen LogP contribution in [0, 0.1) is 23.6 Å². The molecule has 1 saturated heterocycles. The minimum absolute atomic E-state index is 0.0396. The van der Waals surface area contributed by atoms with E-state index in [0.717, 1.165) is 4.90 Å². The van der Waals surface area contributed by atoms with E-state index in [1.165, 1.54) is 18.2 Å². The van der Waals surface area contributed by atoms with E-state index in [2.05, 4.69) is 0 Å². The Hall–Kier alpha value is -1.82. The van der Waals surface area contributed by atoms with Gasteiger partial charge in [-0.05, 0) is 30.9 Å². The van der Waals surface area contributed by atoms with Gasteiger partial charge in [0.15, 0.2) is 0 Å². The number of amides is 2. The molecule has 110 valence electrons. The van der Waals surface area contributed by atoms with E-state index in [1.54, 1.807) is 0 Å². The summed E-state index contributed by atoms with van der Waals surface area (Å²) in [4.78, 5) is 26.0. The number of nitrogens with two attached hydrogens (primary N) is 1. The molecule has 2 fully saturated rings. The standard InChI is InChI=1S/C15H15FN2O2S/c1-7-5-8-9(6-7)15(20)18(14(8)19)11-4-2-3-10(16)12(11)13(17)21/h2-4,7-9H,5-6H2,1H3,(H2,17,21). The first-order valence-corrected chi connectivity index (χ1v) is 7.28. The lowest BCUT2D eigenvalue weighted by Crippen LogP contribution is -2.34. The maximum absolute atomic E-state index is 13.9. The zero-order chi connectivity index (χ0) is 15.3. The number of hydrogen-bond acceptors (Lipinski definition) is 3. The summed E-state index contributed by atoms with van der Waals surface area (Å²) in [6.07, 6.45) is 1.40. The highest BCUT2D eigenvalue weighted by atomic mass is 32.1. The van der Waals surface area contributed by atoms with Crippen LogP contribution in [0.15, 0.2) is 18.2 Å². The van der Waals surface area contributed by atoms with E-state index >= 15 is 0 Å². The molecule has 4 nitrogen and oxygen atoms in total. The lowest BCUT2D eigenvalue weighted by molar-refractivity contribution is -0.123. The average molecular weight is 306 g/mol. The van der Waals surface area contributed by atoms with Crippen molar-refractivity contribution in [1.29, 1.82) is 0 Å². The van der Waals surface area contributed by atoms with Gasteiger partial charge in [-0.15, -0.1) is 0 Å². The highest BCUT2D eigenvalue weighted by Crippen LogP contribution is 2.45. The van der Waals surface area contributed by atoms with Gasteiger partial charge in [-0.25, -0.2) is 9.29 Å². The highest BCUT2D eigenvalue weighted by Gasteiger charge is 2.52. The molecule has 2 amide bonds. The second kappa shape index (κ2) is 4.87. The molecule has 2 unspecified atom stereocenters. The summed E-state index contributed by atoms with van der Waals surface area (Å²) in [7, 11) is 0. The third-order valence-corrected chi connectivity index (χ3v) is 4.56. The first kappa shape index (κ1) is 14.1. The van der Waals surface area contributed by atoms with E-state index in [-0.39, 0.29) is 39.9 Å². The predicted molar refractivity (Wildman–Crippen MR) is 80.2 cm³/mol. The van der Waals surface area contributed by atoms with Crippen LogP contribution in [0.3, 0.4) is 0 Å². The molecule has 6 heteroatoms. The summed E-state index contributed by atoms with van der Waals surface area (Å²) in [5, 5.41) is 0. The minimum Gasteiger partial charge on any atom is -0.389 e. The molecule has 2 aliphatic rings. The van der Waals surface area contributed by atoms with Gasteiger partial charge in [0.2, 0.25) is 11.8 Å². The molecular formula is C15H15FN2O2S. The van der Waals surface area contributed by atoms with Gasteiger partial charge in [0.25, 0.3) is 0 Å². The van der Waals surface area contributed by atoms with Gasteiger partial charge >= 0.3 is 0 Å². The monoisotopic (exact) mass is 306 g/mol. The number of imide groups is 1. The van der Waals surface area contributed by atoms with E-state index in [0.29, 0.717) is 18.8 Å². The van der Waals surface area contributed by atoms with Gasteiger partial charge < -0.3 is 5.73 Å². The van der Waals surface area contributed by atoms with Crippen molar-refractivity contribution in [3.05, 3.63) is 29.6 Å². The zero-order valence-electron chi connectivity index (χ0n) is 11.5. The molecule has 1 saturated carbocycles. The molecule has 0 bridgehead atoms. The van der Waals surface area contributed by atoms with Crippen LogP contribution >= 0.6 is 12.2 Å². The van der Waals surface area contributed by atoms with Crippen molar-refractivity contribution in [1.82, 2.24) is 0 Å². The summed E-state index contributed by atoms with van der Waals surface area (Å²) < 4.78 is 13.9. The highest BCUT2D eigenvalue weighted by molar-refractivity contribution is 7.80. The quantitative estimate of drug-likeness (QED) is 0.670. The molecule has 1 aliphatic heterocycles. The molecule has 1 heterocycles. The molecule has 2 N–H and O–H groups in total. The number of benzene rings is 1. The van der Waals surface area contributed by atoms with Crippen molar-refractivity contribution in [3.8, 4) is 0 Å². The number of rotatable bonds is 2. The molecule has 0 aromatic heterocycles. The fourth-order valence-electron chi connectivity index (χ4n) is 3.46. The van der Waals surface area contributed by atoms with Gasteiger partial charge in [0, 0.05) is 0 Å². The number of thiocarbonyl (C=S) groups is 1. The van der Waals surface area contributed by atoms with Crippen LogP contribution in [0.25, 0.3) is 0 Å². The van der Waals surface area contributed by atoms with Crippen molar-refractivity contribution in [2.75, 3.05) is 4.90 Å². The van der Waals surface area contributed by atoms with Crippen molar-refractivity contribution >= 4 is 34.7 Å². The Labute approximate surface area is 127 Å². The number of anilines is 1. The maximum Gasteiger partial charge on any atom is 0.237 e. The smallest absolute Gasteiger partial charge is 0.237 e. The summed E-state index contributed by atoms with van der Waals surface area (Å²) in [5.74, 6) is -1.39. The Morgan fingerprint density at radius 3 is 2.38 bits per heavy atom. The molecule has 1 aromatic carbocycles. The molecule has 2 atom stereocenters. The largest absolute Gasteiger partial charge is 0.389 e. The van der Waals surface area contributed by atoms with Crippen molar-refractivity contribution in [2.45, 2.75) is 19.8 Å². The first-order chi connectivity index (χ1) is 9.91. The topological polar surface area (TPSA) is 63.4 Å². The van der Waals surface area contributed by atoms with Gasteiger partial charge in [0.1, 0.15) is 10.8 Å². The summed E-state index contributed by atoms with van der Waals surface area (Å²) in [6.45, 7) is 2.03. The molecule has 21 heavy (non-hydrogen) atoms. The van der Waals surface area contributed by atoms with Crippen LogP contribution in [-0.4, -0.2) is 16.8 Å². The number of halogens is 1. The third-order valence-electron chi connectivity index (χ3n) is 4.35. The second-order valence-electron chi connectivity index (χ2n) is 5.80. The third kappa shape index (κ3) is 2.05. The Kier molecular flexibility index (Phi) is 3.28. The van der Waals surface area contributed by atoms with Crippen LogP contribution in [-0.2, 0) is 9.59 Å².